The van der Waals surface area contributed by atoms with Crippen LogP contribution < -0.4 is 11.1 Å². The van der Waals surface area contributed by atoms with Gasteiger partial charge in [0.2, 0.25) is 0 Å². The molecular formula is C13H15BrN4O3. The highest BCUT2D eigenvalue weighted by Crippen LogP contribution is 2.36. The number of likely N-dealkylation sites (N-methyl/N-ethyl adjacent to an activating group) is 1. The van der Waals surface area contributed by atoms with Crippen molar-refractivity contribution in [2.45, 2.75) is 18.6 Å². The van der Waals surface area contributed by atoms with Crippen molar-refractivity contribution in [3.8, 4) is 0 Å². The summed E-state index contributed by atoms with van der Waals surface area (Å²) >= 11 is 3.39. The molecule has 1 aromatic heterocycles. The Hall–Kier alpha value is -1.45. The Bertz CT molecular complexity index is 717. The SMILES string of the molecule is CN1C(N)NC(O)C1c1c(C(=O)O)[nH]c2ccc(Br)cc12. The number of aromatic amines is 1. The normalized spacial score (nSPS) is 26.6. The number of nitrogens with zero attached hydrogens (tertiary/aromatic N) is 1. The number of hydrogen-bond acceptors (Lipinski definition) is 5. The molecule has 21 heavy (non-hydrogen) atoms. The number of carboxylic acid groups (broad SMARTS) is 1. The van der Waals surface area contributed by atoms with Crippen LogP contribution >= 0.6 is 15.9 Å². The number of benzene rings is 1. The van der Waals surface area contributed by atoms with Gasteiger partial charge in [0.15, 0.2) is 0 Å². The minimum absolute atomic E-state index is 0.0647. The lowest BCUT2D eigenvalue weighted by molar-refractivity contribution is 0.0683. The summed E-state index contributed by atoms with van der Waals surface area (Å²) in [5.74, 6) is -1.07. The maximum absolute atomic E-state index is 11.5. The largest absolute Gasteiger partial charge is 0.477 e. The lowest BCUT2D eigenvalue weighted by Gasteiger charge is -2.23. The van der Waals surface area contributed by atoms with E-state index in [1.807, 2.05) is 12.1 Å². The standard InChI is InChI=1S/C13H15BrN4O3/c1-18-10(11(19)17-13(18)15)8-6-4-5(14)2-3-7(6)16-9(8)12(20)21/h2-4,10-11,13,16-17,19H,15H2,1H3,(H,20,21). The van der Waals surface area contributed by atoms with Crippen molar-refractivity contribution in [1.82, 2.24) is 15.2 Å². The van der Waals surface area contributed by atoms with Crippen molar-refractivity contribution >= 4 is 32.8 Å². The van der Waals surface area contributed by atoms with E-state index < -0.39 is 24.5 Å². The van der Waals surface area contributed by atoms with Crippen LogP contribution in [0.25, 0.3) is 10.9 Å². The zero-order valence-corrected chi connectivity index (χ0v) is 12.8. The quantitative estimate of drug-likeness (QED) is 0.544. The second-order valence-electron chi connectivity index (χ2n) is 5.08. The van der Waals surface area contributed by atoms with Gasteiger partial charge in [0.05, 0.1) is 6.04 Å². The number of aromatic carboxylic acids is 1. The highest BCUT2D eigenvalue weighted by molar-refractivity contribution is 9.10. The molecule has 6 N–H and O–H groups in total. The Balaban J connectivity index is 2.26. The fourth-order valence-electron chi connectivity index (χ4n) is 2.80. The van der Waals surface area contributed by atoms with Crippen molar-refractivity contribution in [3.05, 3.63) is 33.9 Å². The summed E-state index contributed by atoms with van der Waals surface area (Å²) in [6.45, 7) is 0. The number of fused-ring (bicyclic) bond motifs is 1. The van der Waals surface area contributed by atoms with E-state index in [0.29, 0.717) is 11.1 Å². The zero-order chi connectivity index (χ0) is 15.3. The van der Waals surface area contributed by atoms with Crippen LogP contribution in [0, 0.1) is 0 Å². The summed E-state index contributed by atoms with van der Waals surface area (Å²) in [4.78, 5) is 16.1. The van der Waals surface area contributed by atoms with E-state index >= 15 is 0 Å². The van der Waals surface area contributed by atoms with Gasteiger partial charge in [0.1, 0.15) is 18.2 Å². The Morgan fingerprint density at radius 2 is 2.19 bits per heavy atom. The van der Waals surface area contributed by atoms with E-state index in [1.54, 1.807) is 18.0 Å². The van der Waals surface area contributed by atoms with E-state index in [9.17, 15) is 15.0 Å². The summed E-state index contributed by atoms with van der Waals surface area (Å²) in [5.41, 5.74) is 7.14. The van der Waals surface area contributed by atoms with Gasteiger partial charge in [-0.05, 0) is 25.2 Å². The lowest BCUT2D eigenvalue weighted by Crippen LogP contribution is -2.42. The second kappa shape index (κ2) is 5.08. The van der Waals surface area contributed by atoms with Crippen molar-refractivity contribution in [2.75, 3.05) is 7.05 Å². The molecule has 0 bridgehead atoms. The molecule has 0 radical (unpaired) electrons. The minimum Gasteiger partial charge on any atom is -0.477 e. The number of aliphatic hydroxyl groups is 1. The number of nitrogens with two attached hydrogens (primary N) is 1. The molecule has 1 aliphatic rings. The summed E-state index contributed by atoms with van der Waals surface area (Å²) in [6, 6.07) is 4.91. The Labute approximate surface area is 128 Å². The molecule has 0 saturated carbocycles. The van der Waals surface area contributed by atoms with Gasteiger partial charge in [-0.25, -0.2) is 4.79 Å². The highest BCUT2D eigenvalue weighted by Gasteiger charge is 2.40. The molecule has 2 heterocycles. The van der Waals surface area contributed by atoms with Gasteiger partial charge in [0, 0.05) is 20.9 Å². The maximum Gasteiger partial charge on any atom is 0.352 e. The van der Waals surface area contributed by atoms with Crippen molar-refractivity contribution < 1.29 is 15.0 Å². The van der Waals surface area contributed by atoms with Crippen LogP contribution in [0.5, 0.6) is 0 Å². The van der Waals surface area contributed by atoms with Crippen molar-refractivity contribution in [3.63, 3.8) is 0 Å². The van der Waals surface area contributed by atoms with Gasteiger partial charge < -0.3 is 20.9 Å². The summed E-state index contributed by atoms with van der Waals surface area (Å²) in [7, 11) is 1.74. The molecule has 3 rings (SSSR count). The molecule has 0 spiro atoms. The first-order valence-corrected chi connectivity index (χ1v) is 7.15. The molecule has 112 valence electrons. The number of rotatable bonds is 2. The van der Waals surface area contributed by atoms with Gasteiger partial charge in [-0.2, -0.15) is 0 Å². The van der Waals surface area contributed by atoms with E-state index in [0.717, 1.165) is 9.86 Å². The molecule has 2 aromatic rings. The van der Waals surface area contributed by atoms with E-state index in [1.165, 1.54) is 0 Å². The van der Waals surface area contributed by atoms with Gasteiger partial charge in [-0.3, -0.25) is 10.2 Å². The second-order valence-corrected chi connectivity index (χ2v) is 5.99. The third kappa shape index (κ3) is 2.25. The third-order valence-electron chi connectivity index (χ3n) is 3.83. The van der Waals surface area contributed by atoms with Gasteiger partial charge >= 0.3 is 5.97 Å². The Morgan fingerprint density at radius 3 is 2.76 bits per heavy atom. The third-order valence-corrected chi connectivity index (χ3v) is 4.32. The first kappa shape index (κ1) is 14.5. The molecule has 1 aliphatic heterocycles. The van der Waals surface area contributed by atoms with E-state index in [4.69, 9.17) is 5.73 Å². The van der Waals surface area contributed by atoms with Gasteiger partial charge in [0.25, 0.3) is 0 Å². The summed E-state index contributed by atoms with van der Waals surface area (Å²) < 4.78 is 0.833. The fourth-order valence-corrected chi connectivity index (χ4v) is 3.16. The first-order valence-electron chi connectivity index (χ1n) is 6.36. The molecule has 3 atom stereocenters. The average Bonchev–Trinajstić information content (AvgIpc) is 2.88. The Kier molecular flexibility index (Phi) is 3.50. The smallest absolute Gasteiger partial charge is 0.352 e. The fraction of sp³-hybridized carbons (Fsp3) is 0.308. The number of hydrogen-bond donors (Lipinski definition) is 5. The van der Waals surface area contributed by atoms with Gasteiger partial charge in [-0.15, -0.1) is 0 Å². The maximum atomic E-state index is 11.5. The number of carboxylic acids is 1. The predicted octanol–water partition coefficient (Wildman–Crippen LogP) is 0.765. The highest BCUT2D eigenvalue weighted by atomic mass is 79.9. The monoisotopic (exact) mass is 354 g/mol. The average molecular weight is 355 g/mol. The lowest BCUT2D eigenvalue weighted by atomic mass is 10.0. The number of nitrogens with one attached hydrogen (secondary N) is 2. The number of carbonyl (C=O) groups is 1. The van der Waals surface area contributed by atoms with Crippen LogP contribution in [-0.2, 0) is 0 Å². The molecule has 1 fully saturated rings. The number of aliphatic hydroxyl groups excluding tert-OH is 1. The van der Waals surface area contributed by atoms with Crippen molar-refractivity contribution in [2.24, 2.45) is 5.73 Å². The van der Waals surface area contributed by atoms with Crippen LogP contribution in [0.2, 0.25) is 0 Å². The number of halogens is 1. The van der Waals surface area contributed by atoms with Crippen molar-refractivity contribution in [1.29, 1.82) is 0 Å². The molecule has 1 saturated heterocycles. The van der Waals surface area contributed by atoms with Crippen LogP contribution in [-0.4, -0.2) is 45.6 Å². The van der Waals surface area contributed by atoms with Crippen LogP contribution in [0.4, 0.5) is 0 Å². The topological polar surface area (TPSA) is 115 Å². The molecule has 8 heteroatoms. The molecular weight excluding hydrogens is 340 g/mol. The van der Waals surface area contributed by atoms with Crippen LogP contribution in [0.3, 0.4) is 0 Å². The van der Waals surface area contributed by atoms with E-state index in [-0.39, 0.29) is 5.69 Å². The predicted molar refractivity (Wildman–Crippen MR) is 80.6 cm³/mol. The van der Waals surface area contributed by atoms with Gasteiger partial charge in [-0.1, -0.05) is 15.9 Å². The Morgan fingerprint density at radius 1 is 1.48 bits per heavy atom. The van der Waals surface area contributed by atoms with Crippen LogP contribution in [0.15, 0.2) is 22.7 Å². The summed E-state index contributed by atoms with van der Waals surface area (Å²) in [5, 5.41) is 23.2. The molecule has 0 aliphatic carbocycles. The van der Waals surface area contributed by atoms with Crippen LogP contribution in [0.1, 0.15) is 22.1 Å². The molecule has 1 aromatic carbocycles. The molecule has 0 amide bonds. The number of aromatic nitrogens is 1. The molecule has 3 unspecified atom stereocenters. The zero-order valence-electron chi connectivity index (χ0n) is 11.2. The minimum atomic E-state index is -1.07. The first-order chi connectivity index (χ1) is 9.90. The van der Waals surface area contributed by atoms with E-state index in [2.05, 4.69) is 26.2 Å². The molecule has 7 nitrogen and oxygen atoms in total. The summed E-state index contributed by atoms with van der Waals surface area (Å²) in [6.07, 6.45) is -1.48. The number of H-pyrrole nitrogens is 1.